The Hall–Kier alpha value is -2.56. The molecule has 2 rings (SSSR count). The molecule has 2 aromatic rings. The summed E-state index contributed by atoms with van der Waals surface area (Å²) < 4.78 is 18.4. The molecule has 0 atom stereocenters. The van der Waals surface area contributed by atoms with Crippen molar-refractivity contribution in [2.24, 2.45) is 4.99 Å². The van der Waals surface area contributed by atoms with Gasteiger partial charge in [0.05, 0.1) is 7.11 Å². The van der Waals surface area contributed by atoms with Crippen LogP contribution in [-0.4, -0.2) is 38.6 Å². The fraction of sp³-hybridized carbons (Fsp3) is 0.316. The van der Waals surface area contributed by atoms with E-state index in [4.69, 9.17) is 4.74 Å². The zero-order chi connectivity index (χ0) is 17.4. The van der Waals surface area contributed by atoms with Crippen LogP contribution in [-0.2, 0) is 13.0 Å². The van der Waals surface area contributed by atoms with Crippen molar-refractivity contribution >= 4 is 5.96 Å². The summed E-state index contributed by atoms with van der Waals surface area (Å²) >= 11 is 0. The maximum Gasteiger partial charge on any atom is 0.193 e. The standard InChI is InChI=1S/C19H24FN3O/c1-21-19(23(2)14-16-5-4-6-17(20)13-16)22-12-11-15-7-9-18(24-3)10-8-15/h4-10,13H,11-12,14H2,1-3H3,(H,21,22). The van der Waals surface area contributed by atoms with Crippen molar-refractivity contribution in [1.82, 2.24) is 10.2 Å². The molecule has 0 heterocycles. The van der Waals surface area contributed by atoms with Gasteiger partial charge in [0, 0.05) is 27.2 Å². The minimum Gasteiger partial charge on any atom is -0.497 e. The zero-order valence-electron chi connectivity index (χ0n) is 14.4. The van der Waals surface area contributed by atoms with Gasteiger partial charge in [0.25, 0.3) is 0 Å². The number of guanidine groups is 1. The summed E-state index contributed by atoms with van der Waals surface area (Å²) in [7, 11) is 5.35. The number of ether oxygens (including phenoxy) is 1. The highest BCUT2D eigenvalue weighted by Gasteiger charge is 2.07. The molecule has 0 spiro atoms. The van der Waals surface area contributed by atoms with E-state index in [0.29, 0.717) is 6.54 Å². The van der Waals surface area contributed by atoms with Crippen LogP contribution < -0.4 is 10.1 Å². The molecule has 0 amide bonds. The molecule has 0 aliphatic heterocycles. The maximum absolute atomic E-state index is 13.3. The van der Waals surface area contributed by atoms with Gasteiger partial charge in [0.2, 0.25) is 0 Å². The largest absolute Gasteiger partial charge is 0.497 e. The lowest BCUT2D eigenvalue weighted by Gasteiger charge is -2.22. The van der Waals surface area contributed by atoms with Gasteiger partial charge >= 0.3 is 0 Å². The maximum atomic E-state index is 13.3. The first-order chi connectivity index (χ1) is 11.6. The molecule has 1 N–H and O–H groups in total. The number of rotatable bonds is 6. The molecule has 0 radical (unpaired) electrons. The van der Waals surface area contributed by atoms with Crippen LogP contribution >= 0.6 is 0 Å². The van der Waals surface area contributed by atoms with Gasteiger partial charge < -0.3 is 15.0 Å². The predicted molar refractivity (Wildman–Crippen MR) is 95.9 cm³/mol. The normalized spacial score (nSPS) is 11.2. The number of halogens is 1. The molecule has 128 valence electrons. The fourth-order valence-corrected chi connectivity index (χ4v) is 2.48. The van der Waals surface area contributed by atoms with Crippen LogP contribution in [0.15, 0.2) is 53.5 Å². The third-order valence-corrected chi connectivity index (χ3v) is 3.74. The van der Waals surface area contributed by atoms with Crippen molar-refractivity contribution in [2.45, 2.75) is 13.0 Å². The Morgan fingerprint density at radius 1 is 1.17 bits per heavy atom. The first-order valence-corrected chi connectivity index (χ1v) is 7.91. The topological polar surface area (TPSA) is 36.9 Å². The van der Waals surface area contributed by atoms with E-state index in [-0.39, 0.29) is 5.82 Å². The Kier molecular flexibility index (Phi) is 6.61. The van der Waals surface area contributed by atoms with Crippen molar-refractivity contribution in [3.05, 3.63) is 65.5 Å². The number of hydrogen-bond donors (Lipinski definition) is 1. The Balaban J connectivity index is 1.84. The quantitative estimate of drug-likeness (QED) is 0.654. The fourth-order valence-electron chi connectivity index (χ4n) is 2.48. The van der Waals surface area contributed by atoms with Crippen LogP contribution in [0.4, 0.5) is 4.39 Å². The number of hydrogen-bond acceptors (Lipinski definition) is 2. The molecule has 0 saturated heterocycles. The monoisotopic (exact) mass is 329 g/mol. The number of aliphatic imine (C=N–C) groups is 1. The van der Waals surface area contributed by atoms with Gasteiger partial charge in [-0.1, -0.05) is 24.3 Å². The van der Waals surface area contributed by atoms with Crippen molar-refractivity contribution in [1.29, 1.82) is 0 Å². The first kappa shape index (κ1) is 17.8. The van der Waals surface area contributed by atoms with E-state index in [9.17, 15) is 4.39 Å². The molecule has 24 heavy (non-hydrogen) atoms. The first-order valence-electron chi connectivity index (χ1n) is 7.91. The molecule has 5 heteroatoms. The lowest BCUT2D eigenvalue weighted by atomic mass is 10.1. The summed E-state index contributed by atoms with van der Waals surface area (Å²) in [5.41, 5.74) is 2.14. The molecule has 2 aromatic carbocycles. The van der Waals surface area contributed by atoms with Crippen LogP contribution in [0.1, 0.15) is 11.1 Å². The lowest BCUT2D eigenvalue weighted by Crippen LogP contribution is -2.39. The number of nitrogens with zero attached hydrogens (tertiary/aromatic N) is 2. The van der Waals surface area contributed by atoms with Crippen LogP contribution in [0, 0.1) is 5.82 Å². The highest BCUT2D eigenvalue weighted by atomic mass is 19.1. The molecule has 0 aliphatic carbocycles. The molecule has 0 saturated carbocycles. The van der Waals surface area contributed by atoms with Crippen LogP contribution in [0.2, 0.25) is 0 Å². The molecule has 4 nitrogen and oxygen atoms in total. The van der Waals surface area contributed by atoms with Crippen molar-refractivity contribution < 1.29 is 9.13 Å². The molecular weight excluding hydrogens is 305 g/mol. The van der Waals surface area contributed by atoms with Crippen LogP contribution in [0.3, 0.4) is 0 Å². The van der Waals surface area contributed by atoms with Crippen molar-refractivity contribution in [2.75, 3.05) is 27.7 Å². The number of benzene rings is 2. The lowest BCUT2D eigenvalue weighted by molar-refractivity contribution is 0.414. The van der Waals surface area contributed by atoms with E-state index >= 15 is 0 Å². The Morgan fingerprint density at radius 3 is 2.54 bits per heavy atom. The van der Waals surface area contributed by atoms with E-state index in [2.05, 4.69) is 22.4 Å². The molecular formula is C19H24FN3O. The Bertz CT molecular complexity index is 671. The van der Waals surface area contributed by atoms with E-state index in [0.717, 1.165) is 30.2 Å². The van der Waals surface area contributed by atoms with E-state index in [1.54, 1.807) is 26.3 Å². The SMILES string of the molecule is CN=C(NCCc1ccc(OC)cc1)N(C)Cc1cccc(F)c1. The van der Waals surface area contributed by atoms with E-state index < -0.39 is 0 Å². The second kappa shape index (κ2) is 8.91. The molecule has 0 aliphatic rings. The van der Waals surface area contributed by atoms with Crippen LogP contribution in [0.25, 0.3) is 0 Å². The van der Waals surface area contributed by atoms with Gasteiger partial charge in [-0.25, -0.2) is 4.39 Å². The van der Waals surface area contributed by atoms with E-state index in [1.807, 2.05) is 30.1 Å². The Morgan fingerprint density at radius 2 is 1.92 bits per heavy atom. The second-order valence-corrected chi connectivity index (χ2v) is 5.56. The van der Waals surface area contributed by atoms with Crippen LogP contribution in [0.5, 0.6) is 5.75 Å². The van der Waals surface area contributed by atoms with Gasteiger partial charge in [-0.3, -0.25) is 4.99 Å². The van der Waals surface area contributed by atoms with Gasteiger partial charge in [-0.2, -0.15) is 0 Å². The minimum atomic E-state index is -0.219. The summed E-state index contributed by atoms with van der Waals surface area (Å²) in [6, 6.07) is 14.6. The smallest absolute Gasteiger partial charge is 0.193 e. The van der Waals surface area contributed by atoms with Gasteiger partial charge in [-0.15, -0.1) is 0 Å². The van der Waals surface area contributed by atoms with Gasteiger partial charge in [-0.05, 0) is 41.8 Å². The van der Waals surface area contributed by atoms with Crippen molar-refractivity contribution in [3.8, 4) is 5.75 Å². The predicted octanol–water partition coefficient (Wildman–Crippen LogP) is 3.08. The second-order valence-electron chi connectivity index (χ2n) is 5.56. The highest BCUT2D eigenvalue weighted by Crippen LogP contribution is 2.11. The Labute approximate surface area is 143 Å². The zero-order valence-corrected chi connectivity index (χ0v) is 14.4. The molecule has 0 aromatic heterocycles. The minimum absolute atomic E-state index is 0.219. The third-order valence-electron chi connectivity index (χ3n) is 3.74. The number of methoxy groups -OCH3 is 1. The average Bonchev–Trinajstić information content (AvgIpc) is 2.59. The summed E-state index contributed by atoms with van der Waals surface area (Å²) in [4.78, 5) is 6.26. The third kappa shape index (κ3) is 5.26. The summed E-state index contributed by atoms with van der Waals surface area (Å²) in [5, 5.41) is 3.33. The molecule has 0 bridgehead atoms. The number of nitrogens with one attached hydrogen (secondary N) is 1. The highest BCUT2D eigenvalue weighted by molar-refractivity contribution is 5.79. The summed E-state index contributed by atoms with van der Waals surface area (Å²) in [6.45, 7) is 1.37. The average molecular weight is 329 g/mol. The van der Waals surface area contributed by atoms with E-state index in [1.165, 1.54) is 11.6 Å². The molecule has 0 fully saturated rings. The van der Waals surface area contributed by atoms with Gasteiger partial charge in [0.1, 0.15) is 11.6 Å². The summed E-state index contributed by atoms with van der Waals surface area (Å²) in [6.07, 6.45) is 0.886. The summed E-state index contributed by atoms with van der Waals surface area (Å²) in [5.74, 6) is 1.42. The van der Waals surface area contributed by atoms with Gasteiger partial charge in [0.15, 0.2) is 5.96 Å². The molecule has 0 unspecified atom stereocenters. The van der Waals surface area contributed by atoms with Crippen molar-refractivity contribution in [3.63, 3.8) is 0 Å².